The molecule has 0 saturated carbocycles. The Bertz CT molecular complexity index is 475. The number of anilines is 1. The molecule has 20 heavy (non-hydrogen) atoms. The average Bonchev–Trinajstić information content (AvgIpc) is 2.97. The number of carbonyl (C=O) groups is 1. The first-order valence-corrected chi connectivity index (χ1v) is 7.28. The van der Waals surface area contributed by atoms with Crippen LogP contribution in [0.4, 0.5) is 5.82 Å². The highest BCUT2D eigenvalue weighted by Crippen LogP contribution is 2.20. The van der Waals surface area contributed by atoms with Crippen molar-refractivity contribution in [2.45, 2.75) is 25.9 Å². The number of ether oxygens (including phenoxy) is 1. The quantitative estimate of drug-likeness (QED) is 0.907. The second-order valence-electron chi connectivity index (χ2n) is 4.76. The Morgan fingerprint density at radius 3 is 3.00 bits per heavy atom. The zero-order chi connectivity index (χ0) is 14.5. The van der Waals surface area contributed by atoms with Crippen molar-refractivity contribution in [3.05, 3.63) is 22.8 Å². The summed E-state index contributed by atoms with van der Waals surface area (Å²) in [6.07, 6.45) is 2.19. The van der Waals surface area contributed by atoms with Gasteiger partial charge in [-0.2, -0.15) is 0 Å². The van der Waals surface area contributed by atoms with Gasteiger partial charge in [0.25, 0.3) is 5.91 Å². The molecule has 0 aromatic carbocycles. The summed E-state index contributed by atoms with van der Waals surface area (Å²) in [4.78, 5) is 18.5. The van der Waals surface area contributed by atoms with Gasteiger partial charge in [0.2, 0.25) is 0 Å². The van der Waals surface area contributed by atoms with Crippen molar-refractivity contribution in [2.75, 3.05) is 32.1 Å². The second kappa shape index (κ2) is 6.90. The van der Waals surface area contributed by atoms with Gasteiger partial charge in [-0.3, -0.25) is 4.79 Å². The van der Waals surface area contributed by atoms with Gasteiger partial charge < -0.3 is 15.0 Å². The summed E-state index contributed by atoms with van der Waals surface area (Å²) in [5, 5.41) is 3.29. The fraction of sp³-hybridized carbons (Fsp3) is 0.571. The molecule has 1 aliphatic heterocycles. The smallest absolute Gasteiger partial charge is 0.274 e. The van der Waals surface area contributed by atoms with E-state index in [4.69, 9.17) is 16.3 Å². The van der Waals surface area contributed by atoms with Crippen molar-refractivity contribution >= 4 is 23.3 Å². The maximum absolute atomic E-state index is 12.5. The molecule has 5 nitrogen and oxygen atoms in total. The van der Waals surface area contributed by atoms with E-state index in [0.29, 0.717) is 29.6 Å². The first-order valence-electron chi connectivity index (χ1n) is 6.91. The van der Waals surface area contributed by atoms with Crippen LogP contribution in [0.15, 0.2) is 12.1 Å². The van der Waals surface area contributed by atoms with E-state index in [9.17, 15) is 4.79 Å². The Hall–Kier alpha value is -1.33. The maximum Gasteiger partial charge on any atom is 0.274 e. The van der Waals surface area contributed by atoms with Crippen LogP contribution >= 0.6 is 11.6 Å². The van der Waals surface area contributed by atoms with Crippen LogP contribution in [0.25, 0.3) is 0 Å². The van der Waals surface area contributed by atoms with E-state index in [-0.39, 0.29) is 12.0 Å². The van der Waals surface area contributed by atoms with Gasteiger partial charge in [-0.05, 0) is 31.9 Å². The minimum atomic E-state index is -0.148. The third-order valence-corrected chi connectivity index (χ3v) is 3.73. The molecule has 1 N–H and O–H groups in total. The molecule has 1 aromatic rings. The van der Waals surface area contributed by atoms with Gasteiger partial charge in [0, 0.05) is 26.7 Å². The monoisotopic (exact) mass is 297 g/mol. The van der Waals surface area contributed by atoms with Crippen LogP contribution in [-0.4, -0.2) is 48.6 Å². The number of carbonyl (C=O) groups excluding carboxylic acids is 1. The summed E-state index contributed by atoms with van der Waals surface area (Å²) in [6, 6.07) is 3.43. The van der Waals surface area contributed by atoms with Gasteiger partial charge in [-0.1, -0.05) is 11.6 Å². The summed E-state index contributed by atoms with van der Waals surface area (Å²) in [5.41, 5.74) is 0.290. The third kappa shape index (κ3) is 3.41. The second-order valence-corrected chi connectivity index (χ2v) is 5.16. The highest BCUT2D eigenvalue weighted by atomic mass is 35.5. The Morgan fingerprint density at radius 1 is 1.60 bits per heavy atom. The SMILES string of the molecule is CCN(CC1CCCO1)C(=O)c1nc(NC)ccc1Cl. The number of hydrogen-bond acceptors (Lipinski definition) is 4. The van der Waals surface area contributed by atoms with Crippen LogP contribution in [0.2, 0.25) is 5.02 Å². The lowest BCUT2D eigenvalue weighted by Gasteiger charge is -2.24. The number of hydrogen-bond donors (Lipinski definition) is 1. The number of amides is 1. The molecule has 0 aliphatic carbocycles. The summed E-state index contributed by atoms with van der Waals surface area (Å²) in [6.45, 7) is 3.94. The summed E-state index contributed by atoms with van der Waals surface area (Å²) in [5.74, 6) is 0.482. The van der Waals surface area contributed by atoms with E-state index in [2.05, 4.69) is 10.3 Å². The zero-order valence-electron chi connectivity index (χ0n) is 11.9. The molecule has 0 bridgehead atoms. The molecule has 1 atom stereocenters. The number of rotatable bonds is 5. The van der Waals surface area contributed by atoms with Gasteiger partial charge in [0.1, 0.15) is 11.5 Å². The third-order valence-electron chi connectivity index (χ3n) is 3.42. The summed E-state index contributed by atoms with van der Waals surface area (Å²) >= 11 is 6.10. The molecular weight excluding hydrogens is 278 g/mol. The highest BCUT2D eigenvalue weighted by Gasteiger charge is 2.24. The van der Waals surface area contributed by atoms with Crippen LogP contribution in [0.1, 0.15) is 30.3 Å². The van der Waals surface area contributed by atoms with E-state index in [1.54, 1.807) is 24.1 Å². The maximum atomic E-state index is 12.5. The molecule has 1 aliphatic rings. The van der Waals surface area contributed by atoms with E-state index in [0.717, 1.165) is 19.4 Å². The minimum Gasteiger partial charge on any atom is -0.376 e. The molecule has 1 amide bonds. The van der Waals surface area contributed by atoms with Crippen molar-refractivity contribution in [3.8, 4) is 0 Å². The van der Waals surface area contributed by atoms with Gasteiger partial charge in [-0.15, -0.1) is 0 Å². The number of pyridine rings is 1. The fourth-order valence-electron chi connectivity index (χ4n) is 2.27. The number of halogens is 1. The van der Waals surface area contributed by atoms with Crippen molar-refractivity contribution in [2.24, 2.45) is 0 Å². The number of likely N-dealkylation sites (N-methyl/N-ethyl adjacent to an activating group) is 1. The van der Waals surface area contributed by atoms with Gasteiger partial charge in [0.15, 0.2) is 0 Å². The van der Waals surface area contributed by atoms with Crippen LogP contribution in [0, 0.1) is 0 Å². The first kappa shape index (κ1) is 15.1. The molecule has 6 heteroatoms. The molecule has 1 saturated heterocycles. The van der Waals surface area contributed by atoms with Gasteiger partial charge >= 0.3 is 0 Å². The number of nitrogens with zero attached hydrogens (tertiary/aromatic N) is 2. The van der Waals surface area contributed by atoms with E-state index in [1.807, 2.05) is 6.92 Å². The molecular formula is C14H20ClN3O2. The molecule has 110 valence electrons. The lowest BCUT2D eigenvalue weighted by Crippen LogP contribution is -2.37. The molecule has 1 unspecified atom stereocenters. The Kier molecular flexibility index (Phi) is 5.20. The lowest BCUT2D eigenvalue weighted by molar-refractivity contribution is 0.0535. The normalized spacial score (nSPS) is 18.1. The number of aromatic nitrogens is 1. The van der Waals surface area contributed by atoms with Crippen molar-refractivity contribution in [1.29, 1.82) is 0 Å². The van der Waals surface area contributed by atoms with Crippen LogP contribution < -0.4 is 5.32 Å². The standard InChI is InChI=1S/C14H20ClN3O2/c1-3-18(9-10-5-4-8-20-10)14(19)13-11(15)6-7-12(16-2)17-13/h6-7,10H,3-5,8-9H2,1-2H3,(H,16,17). The topological polar surface area (TPSA) is 54.5 Å². The lowest BCUT2D eigenvalue weighted by atomic mass is 10.2. The Balaban J connectivity index is 2.14. The van der Waals surface area contributed by atoms with Crippen molar-refractivity contribution in [3.63, 3.8) is 0 Å². The van der Waals surface area contributed by atoms with Crippen LogP contribution in [0.5, 0.6) is 0 Å². The van der Waals surface area contributed by atoms with E-state index in [1.165, 1.54) is 0 Å². The average molecular weight is 298 g/mol. The molecule has 1 aromatic heterocycles. The zero-order valence-corrected chi connectivity index (χ0v) is 12.6. The van der Waals surface area contributed by atoms with Crippen molar-refractivity contribution < 1.29 is 9.53 Å². The summed E-state index contributed by atoms with van der Waals surface area (Å²) < 4.78 is 5.59. The first-order chi connectivity index (χ1) is 9.65. The van der Waals surface area contributed by atoms with E-state index >= 15 is 0 Å². The van der Waals surface area contributed by atoms with Gasteiger partial charge in [0.05, 0.1) is 11.1 Å². The Morgan fingerprint density at radius 2 is 2.40 bits per heavy atom. The number of nitrogens with one attached hydrogen (secondary N) is 1. The molecule has 0 spiro atoms. The molecule has 1 fully saturated rings. The summed E-state index contributed by atoms with van der Waals surface area (Å²) in [7, 11) is 1.76. The van der Waals surface area contributed by atoms with E-state index < -0.39 is 0 Å². The largest absolute Gasteiger partial charge is 0.376 e. The van der Waals surface area contributed by atoms with Crippen LogP contribution in [0.3, 0.4) is 0 Å². The molecule has 0 radical (unpaired) electrons. The minimum absolute atomic E-state index is 0.130. The predicted molar refractivity (Wildman–Crippen MR) is 79.3 cm³/mol. The van der Waals surface area contributed by atoms with Crippen molar-refractivity contribution in [1.82, 2.24) is 9.88 Å². The van der Waals surface area contributed by atoms with Crippen LogP contribution in [-0.2, 0) is 4.74 Å². The fourth-order valence-corrected chi connectivity index (χ4v) is 2.46. The Labute approximate surface area is 124 Å². The highest BCUT2D eigenvalue weighted by molar-refractivity contribution is 6.33. The predicted octanol–water partition coefficient (Wildman–Crippen LogP) is 2.42. The molecule has 2 rings (SSSR count). The van der Waals surface area contributed by atoms with Gasteiger partial charge in [-0.25, -0.2) is 4.98 Å². The molecule has 2 heterocycles.